The minimum absolute atomic E-state index is 0.106. The van der Waals surface area contributed by atoms with E-state index in [1.165, 1.54) is 12.8 Å². The summed E-state index contributed by atoms with van der Waals surface area (Å²) in [6.07, 6.45) is 23.4. The molecule has 0 saturated heterocycles. The summed E-state index contributed by atoms with van der Waals surface area (Å²) < 4.78 is 10.8. The topological polar surface area (TPSA) is 124 Å². The predicted molar refractivity (Wildman–Crippen MR) is 204 cm³/mol. The van der Waals surface area contributed by atoms with Gasteiger partial charge in [0, 0.05) is 12.2 Å². The number of fused-ring (bicyclic) bond motifs is 20. The van der Waals surface area contributed by atoms with Crippen molar-refractivity contribution in [2.45, 2.75) is 99.8 Å². The lowest BCUT2D eigenvalue weighted by molar-refractivity contribution is -0.171. The SMILES string of the molecule is CC(C)(C)C12CC(CC1C(=O)OC(=O)/C=C\C(=O)OC(=O)C1CC3CC1(C(C)(C)C)C1C4C=CC(C4)C31)C1C3C=CC(C3)C12.CC1(C(=O)O)CC2C=CC1C2. The summed E-state index contributed by atoms with van der Waals surface area (Å²) >= 11 is 0. The number of esters is 4. The van der Waals surface area contributed by atoms with Crippen LogP contribution in [-0.2, 0) is 33.4 Å². The highest BCUT2D eigenvalue weighted by atomic mass is 16.6. The number of carboxylic acid groups (broad SMARTS) is 1. The Balaban J connectivity index is 0.000000309. The molecule has 0 aromatic carbocycles. The van der Waals surface area contributed by atoms with E-state index in [2.05, 4.69) is 78.0 Å². The van der Waals surface area contributed by atoms with Crippen molar-refractivity contribution in [3.8, 4) is 0 Å². The first-order valence-electron chi connectivity index (χ1n) is 21.3. The third-order valence-electron chi connectivity index (χ3n) is 18.1. The van der Waals surface area contributed by atoms with Gasteiger partial charge in [-0.05, 0) is 151 Å². The Morgan fingerprint density at radius 2 is 1.04 bits per heavy atom. The van der Waals surface area contributed by atoms with Gasteiger partial charge >= 0.3 is 29.8 Å². The second-order valence-corrected chi connectivity index (χ2v) is 21.9. The van der Waals surface area contributed by atoms with Crippen LogP contribution in [-0.4, -0.2) is 35.0 Å². The van der Waals surface area contributed by atoms with E-state index in [4.69, 9.17) is 14.6 Å². The zero-order valence-electron chi connectivity index (χ0n) is 33.7. The fraction of sp³-hybridized carbons (Fsp3) is 0.723. The molecular formula is C47H60O8. The van der Waals surface area contributed by atoms with Gasteiger partial charge in [-0.15, -0.1) is 0 Å². The second-order valence-electron chi connectivity index (χ2n) is 21.9. The summed E-state index contributed by atoms with van der Waals surface area (Å²) in [5.41, 5.74) is -1.07. The highest BCUT2D eigenvalue weighted by molar-refractivity contribution is 6.00. The molecule has 296 valence electrons. The molecule has 10 aliphatic rings. The van der Waals surface area contributed by atoms with Crippen molar-refractivity contribution in [2.75, 3.05) is 0 Å². The molecule has 10 rings (SSSR count). The van der Waals surface area contributed by atoms with Crippen molar-refractivity contribution >= 4 is 29.8 Å². The largest absolute Gasteiger partial charge is 0.481 e. The lowest BCUT2D eigenvalue weighted by atomic mass is 9.51. The summed E-state index contributed by atoms with van der Waals surface area (Å²) in [5, 5.41) is 8.96. The van der Waals surface area contributed by atoms with E-state index in [0.29, 0.717) is 71.0 Å². The van der Waals surface area contributed by atoms with E-state index >= 15 is 0 Å². The first-order chi connectivity index (χ1) is 25.8. The van der Waals surface area contributed by atoms with Crippen LogP contribution in [0.5, 0.6) is 0 Å². The van der Waals surface area contributed by atoms with E-state index < -0.39 is 35.3 Å². The molecule has 10 bridgehead atoms. The number of hydrogen-bond acceptors (Lipinski definition) is 7. The van der Waals surface area contributed by atoms with E-state index in [1.807, 2.05) is 6.92 Å². The Morgan fingerprint density at radius 1 is 0.600 bits per heavy atom. The molecule has 10 aliphatic carbocycles. The van der Waals surface area contributed by atoms with Gasteiger partial charge < -0.3 is 14.6 Å². The lowest BCUT2D eigenvalue weighted by Crippen LogP contribution is -2.51. The van der Waals surface area contributed by atoms with Gasteiger partial charge in [0.2, 0.25) is 0 Å². The van der Waals surface area contributed by atoms with Gasteiger partial charge in [-0.25, -0.2) is 9.59 Å². The van der Waals surface area contributed by atoms with E-state index in [1.54, 1.807) is 0 Å². The van der Waals surface area contributed by atoms with Crippen LogP contribution >= 0.6 is 0 Å². The van der Waals surface area contributed by atoms with E-state index in [9.17, 15) is 24.0 Å². The van der Waals surface area contributed by atoms with Crippen molar-refractivity contribution in [2.24, 2.45) is 110 Å². The van der Waals surface area contributed by atoms with E-state index in [0.717, 1.165) is 50.7 Å². The van der Waals surface area contributed by atoms with Crippen LogP contribution in [0.2, 0.25) is 0 Å². The minimum Gasteiger partial charge on any atom is -0.481 e. The van der Waals surface area contributed by atoms with Crippen LogP contribution in [0.3, 0.4) is 0 Å². The highest BCUT2D eigenvalue weighted by Gasteiger charge is 2.74. The number of hydrogen-bond donors (Lipinski definition) is 1. The van der Waals surface area contributed by atoms with Crippen molar-refractivity contribution < 1.29 is 38.6 Å². The number of ether oxygens (including phenoxy) is 2. The van der Waals surface area contributed by atoms with Gasteiger partial charge in [0.15, 0.2) is 0 Å². The molecular weight excluding hydrogens is 693 g/mol. The Bertz CT molecular complexity index is 1730. The fourth-order valence-corrected chi connectivity index (χ4v) is 16.3. The predicted octanol–water partition coefficient (Wildman–Crippen LogP) is 8.38. The summed E-state index contributed by atoms with van der Waals surface area (Å²) in [7, 11) is 0. The summed E-state index contributed by atoms with van der Waals surface area (Å²) in [6.45, 7) is 15.3. The maximum absolute atomic E-state index is 13.6. The Kier molecular flexibility index (Phi) is 8.21. The third kappa shape index (κ3) is 5.09. The Morgan fingerprint density at radius 3 is 1.38 bits per heavy atom. The molecule has 17 unspecified atom stereocenters. The molecule has 55 heavy (non-hydrogen) atoms. The van der Waals surface area contributed by atoms with Gasteiger partial charge in [-0.2, -0.15) is 0 Å². The first kappa shape index (κ1) is 37.3. The first-order valence-corrected chi connectivity index (χ1v) is 21.3. The fourth-order valence-electron chi connectivity index (χ4n) is 16.3. The molecule has 7 saturated carbocycles. The lowest BCUT2D eigenvalue weighted by Gasteiger charge is -2.52. The quantitative estimate of drug-likeness (QED) is 0.0977. The maximum atomic E-state index is 13.6. The summed E-state index contributed by atoms with van der Waals surface area (Å²) in [4.78, 5) is 63.6. The maximum Gasteiger partial charge on any atom is 0.338 e. The zero-order valence-corrected chi connectivity index (χ0v) is 33.7. The van der Waals surface area contributed by atoms with E-state index in [-0.39, 0.29) is 33.5 Å². The molecule has 8 nitrogen and oxygen atoms in total. The molecule has 0 spiro atoms. The molecule has 0 amide bonds. The molecule has 0 radical (unpaired) electrons. The molecule has 0 heterocycles. The highest BCUT2D eigenvalue weighted by Crippen LogP contribution is 2.78. The van der Waals surface area contributed by atoms with Gasteiger partial charge in [-0.3, -0.25) is 14.4 Å². The molecule has 0 aromatic heterocycles. The number of aliphatic carboxylic acids is 1. The summed E-state index contributed by atoms with van der Waals surface area (Å²) in [5.74, 6) is 2.24. The van der Waals surface area contributed by atoms with Crippen molar-refractivity contribution in [3.05, 3.63) is 48.6 Å². The summed E-state index contributed by atoms with van der Waals surface area (Å²) in [6, 6.07) is 0. The third-order valence-corrected chi connectivity index (χ3v) is 18.1. The molecule has 0 aliphatic heterocycles. The smallest absolute Gasteiger partial charge is 0.338 e. The molecule has 0 aromatic rings. The van der Waals surface area contributed by atoms with Crippen molar-refractivity contribution in [1.29, 1.82) is 0 Å². The second kappa shape index (κ2) is 12.1. The number of carbonyl (C=O) groups excluding carboxylic acids is 4. The van der Waals surface area contributed by atoms with Crippen LogP contribution in [0.4, 0.5) is 0 Å². The molecule has 17 atom stereocenters. The van der Waals surface area contributed by atoms with Crippen LogP contribution in [0.15, 0.2) is 48.6 Å². The van der Waals surface area contributed by atoms with Gasteiger partial charge in [0.25, 0.3) is 0 Å². The number of allylic oxidation sites excluding steroid dienone is 6. The molecule has 8 heteroatoms. The van der Waals surface area contributed by atoms with Crippen LogP contribution in [0, 0.1) is 110 Å². The molecule has 1 N–H and O–H groups in total. The normalized spacial score (nSPS) is 48.1. The minimum atomic E-state index is -0.877. The van der Waals surface area contributed by atoms with Crippen molar-refractivity contribution in [3.63, 3.8) is 0 Å². The Labute approximate surface area is 326 Å². The van der Waals surface area contributed by atoms with Gasteiger partial charge in [0.1, 0.15) is 0 Å². The number of rotatable bonds is 5. The van der Waals surface area contributed by atoms with Crippen LogP contribution in [0.25, 0.3) is 0 Å². The average molecular weight is 753 g/mol. The number of carbonyl (C=O) groups is 5. The van der Waals surface area contributed by atoms with Gasteiger partial charge in [-0.1, -0.05) is 78.0 Å². The zero-order chi connectivity index (χ0) is 39.2. The van der Waals surface area contributed by atoms with Crippen molar-refractivity contribution in [1.82, 2.24) is 0 Å². The molecule has 7 fully saturated rings. The monoisotopic (exact) mass is 752 g/mol. The van der Waals surface area contributed by atoms with Gasteiger partial charge in [0.05, 0.1) is 17.3 Å². The van der Waals surface area contributed by atoms with Crippen LogP contribution < -0.4 is 0 Å². The van der Waals surface area contributed by atoms with Crippen LogP contribution in [0.1, 0.15) is 99.8 Å². The Hall–Kier alpha value is -3.29. The average Bonchev–Trinajstić information content (AvgIpc) is 3.96. The standard InChI is InChI=1S/C38H48O6.C9H12O2/c1-35(2,3)37-17-23(29-19-7-9-21(13-19)31(29)37)15-25(37)33(41)43-27(39)11-12-28(40)44-34(42)26-16-24-18-38(26,36(4,5)6)32-22-10-8-20(14-22)30(24)32;1-9(8(10)11)5-6-2-3-7(9)4-6/h7-12,19-26,29-32H,13-18H2,1-6H3;2-3,6-7H,4-5H2,1H3,(H,10,11)/b12-11-;. The number of carboxylic acids is 1.